The van der Waals surface area contributed by atoms with Gasteiger partial charge in [-0.2, -0.15) is 0 Å². The second kappa shape index (κ2) is 4.98. The number of hydrogen-bond donors (Lipinski definition) is 2. The first-order valence-electron chi connectivity index (χ1n) is 6.21. The number of ether oxygens (including phenoxy) is 1. The fourth-order valence-corrected chi connectivity index (χ4v) is 1.78. The van der Waals surface area contributed by atoms with Gasteiger partial charge in [-0.05, 0) is 44.4 Å². The summed E-state index contributed by atoms with van der Waals surface area (Å²) in [6, 6.07) is 7.59. The second-order valence-corrected chi connectivity index (χ2v) is 5.00. The van der Waals surface area contributed by atoms with Gasteiger partial charge in [0.15, 0.2) is 6.10 Å². The molecule has 4 heteroatoms. The van der Waals surface area contributed by atoms with Crippen molar-refractivity contribution >= 4 is 5.91 Å². The van der Waals surface area contributed by atoms with Gasteiger partial charge in [0.05, 0.1) is 12.1 Å². The molecular formula is C14H19NO3. The monoisotopic (exact) mass is 249 g/mol. The minimum absolute atomic E-state index is 0.00406. The van der Waals surface area contributed by atoms with E-state index in [1.807, 2.05) is 31.2 Å². The van der Waals surface area contributed by atoms with Gasteiger partial charge in [0.2, 0.25) is 0 Å². The molecule has 0 aliphatic heterocycles. The molecule has 0 bridgehead atoms. The van der Waals surface area contributed by atoms with Crippen LogP contribution in [0.3, 0.4) is 0 Å². The van der Waals surface area contributed by atoms with Gasteiger partial charge in [-0.15, -0.1) is 0 Å². The average molecular weight is 249 g/mol. The molecule has 1 aliphatic rings. The van der Waals surface area contributed by atoms with Gasteiger partial charge >= 0.3 is 0 Å². The highest BCUT2D eigenvalue weighted by atomic mass is 16.5. The van der Waals surface area contributed by atoms with Crippen molar-refractivity contribution < 1.29 is 14.6 Å². The third-order valence-electron chi connectivity index (χ3n) is 3.22. The highest BCUT2D eigenvalue weighted by Gasteiger charge is 2.44. The van der Waals surface area contributed by atoms with Crippen LogP contribution in [0.15, 0.2) is 24.3 Å². The Balaban J connectivity index is 1.91. The first-order valence-corrected chi connectivity index (χ1v) is 6.21. The largest absolute Gasteiger partial charge is 0.481 e. The SMILES string of the molecule is Cc1cccc(OC(C)C(=O)NC2(CO)CC2)c1. The predicted molar refractivity (Wildman–Crippen MR) is 68.5 cm³/mol. The van der Waals surface area contributed by atoms with E-state index < -0.39 is 6.10 Å². The van der Waals surface area contributed by atoms with Gasteiger partial charge in [0.1, 0.15) is 5.75 Å². The van der Waals surface area contributed by atoms with Gasteiger partial charge in [-0.3, -0.25) is 4.79 Å². The first kappa shape index (κ1) is 12.9. The summed E-state index contributed by atoms with van der Waals surface area (Å²) in [5.74, 6) is 0.509. The number of carbonyl (C=O) groups excluding carboxylic acids is 1. The summed E-state index contributed by atoms with van der Waals surface area (Å²) in [5.41, 5.74) is 0.704. The Morgan fingerprint density at radius 2 is 2.28 bits per heavy atom. The summed E-state index contributed by atoms with van der Waals surface area (Å²) in [7, 11) is 0. The minimum Gasteiger partial charge on any atom is -0.481 e. The fraction of sp³-hybridized carbons (Fsp3) is 0.500. The van der Waals surface area contributed by atoms with E-state index in [0.717, 1.165) is 18.4 Å². The Morgan fingerprint density at radius 3 is 2.83 bits per heavy atom. The van der Waals surface area contributed by atoms with Crippen molar-refractivity contribution in [3.05, 3.63) is 29.8 Å². The molecule has 0 spiro atoms. The maximum Gasteiger partial charge on any atom is 0.261 e. The van der Waals surface area contributed by atoms with E-state index in [1.54, 1.807) is 6.92 Å². The van der Waals surface area contributed by atoms with Crippen LogP contribution in [-0.2, 0) is 4.79 Å². The van der Waals surface area contributed by atoms with E-state index in [2.05, 4.69) is 5.32 Å². The molecule has 2 N–H and O–H groups in total. The highest BCUT2D eigenvalue weighted by molar-refractivity contribution is 5.81. The quantitative estimate of drug-likeness (QED) is 0.829. The standard InChI is InChI=1S/C14H19NO3/c1-10-4-3-5-12(8-10)18-11(2)13(17)15-14(9-16)6-7-14/h3-5,8,11,16H,6-7,9H2,1-2H3,(H,15,17). The molecule has 0 saturated heterocycles. The number of amides is 1. The lowest BCUT2D eigenvalue weighted by atomic mass is 10.2. The summed E-state index contributed by atoms with van der Waals surface area (Å²) < 4.78 is 5.58. The van der Waals surface area contributed by atoms with Gasteiger partial charge < -0.3 is 15.2 Å². The lowest BCUT2D eigenvalue weighted by Gasteiger charge is -2.19. The summed E-state index contributed by atoms with van der Waals surface area (Å²) in [6.45, 7) is 3.68. The number of carbonyl (C=O) groups is 1. The molecule has 1 aromatic rings. The number of aliphatic hydroxyl groups is 1. The van der Waals surface area contributed by atoms with Crippen molar-refractivity contribution in [2.75, 3.05) is 6.61 Å². The van der Waals surface area contributed by atoms with Crippen LogP contribution in [0.25, 0.3) is 0 Å². The van der Waals surface area contributed by atoms with E-state index >= 15 is 0 Å². The molecule has 1 atom stereocenters. The van der Waals surface area contributed by atoms with Crippen molar-refractivity contribution in [2.45, 2.75) is 38.3 Å². The van der Waals surface area contributed by atoms with E-state index in [9.17, 15) is 4.79 Å². The first-order chi connectivity index (χ1) is 8.54. The molecule has 0 aromatic heterocycles. The predicted octanol–water partition coefficient (Wildman–Crippen LogP) is 1.40. The molecular weight excluding hydrogens is 230 g/mol. The number of rotatable bonds is 5. The highest BCUT2D eigenvalue weighted by Crippen LogP contribution is 2.34. The number of nitrogens with one attached hydrogen (secondary N) is 1. The van der Waals surface area contributed by atoms with E-state index in [0.29, 0.717) is 5.75 Å². The van der Waals surface area contributed by atoms with Crippen LogP contribution < -0.4 is 10.1 Å². The molecule has 0 radical (unpaired) electrons. The Labute approximate surface area is 107 Å². The lowest BCUT2D eigenvalue weighted by molar-refractivity contribution is -0.128. The maximum atomic E-state index is 11.9. The summed E-state index contributed by atoms with van der Waals surface area (Å²) in [6.07, 6.45) is 1.12. The zero-order valence-electron chi connectivity index (χ0n) is 10.8. The second-order valence-electron chi connectivity index (χ2n) is 5.00. The Kier molecular flexibility index (Phi) is 3.57. The molecule has 1 aliphatic carbocycles. The van der Waals surface area contributed by atoms with Gasteiger partial charge in [0.25, 0.3) is 5.91 Å². The molecule has 18 heavy (non-hydrogen) atoms. The van der Waals surface area contributed by atoms with Gasteiger partial charge in [-0.25, -0.2) is 0 Å². The Morgan fingerprint density at radius 1 is 1.56 bits per heavy atom. The number of aryl methyl sites for hydroxylation is 1. The number of benzene rings is 1. The third-order valence-corrected chi connectivity index (χ3v) is 3.22. The van der Waals surface area contributed by atoms with Crippen LogP contribution in [0.2, 0.25) is 0 Å². The van der Waals surface area contributed by atoms with E-state index in [4.69, 9.17) is 9.84 Å². The number of aliphatic hydroxyl groups excluding tert-OH is 1. The van der Waals surface area contributed by atoms with Gasteiger partial charge in [-0.1, -0.05) is 12.1 Å². The lowest BCUT2D eigenvalue weighted by Crippen LogP contribution is -2.45. The Hall–Kier alpha value is -1.55. The number of hydrogen-bond acceptors (Lipinski definition) is 3. The van der Waals surface area contributed by atoms with Crippen molar-refractivity contribution in [3.8, 4) is 5.75 Å². The van der Waals surface area contributed by atoms with Crippen LogP contribution in [0.4, 0.5) is 0 Å². The van der Waals surface area contributed by atoms with Crippen molar-refractivity contribution in [1.82, 2.24) is 5.32 Å². The maximum absolute atomic E-state index is 11.9. The molecule has 98 valence electrons. The average Bonchev–Trinajstić information content (AvgIpc) is 3.09. The molecule has 2 rings (SSSR count). The third kappa shape index (κ3) is 3.01. The van der Waals surface area contributed by atoms with Crippen LogP contribution in [0.1, 0.15) is 25.3 Å². The van der Waals surface area contributed by atoms with Crippen molar-refractivity contribution in [3.63, 3.8) is 0 Å². The van der Waals surface area contributed by atoms with Crippen LogP contribution in [0.5, 0.6) is 5.75 Å². The zero-order chi connectivity index (χ0) is 13.2. The van der Waals surface area contributed by atoms with Crippen LogP contribution >= 0.6 is 0 Å². The molecule has 1 fully saturated rings. The smallest absolute Gasteiger partial charge is 0.261 e. The molecule has 1 unspecified atom stereocenters. The van der Waals surface area contributed by atoms with Gasteiger partial charge in [0, 0.05) is 0 Å². The topological polar surface area (TPSA) is 58.6 Å². The van der Waals surface area contributed by atoms with E-state index in [-0.39, 0.29) is 18.1 Å². The molecule has 1 aromatic carbocycles. The minimum atomic E-state index is -0.559. The van der Waals surface area contributed by atoms with E-state index in [1.165, 1.54) is 0 Å². The Bertz CT molecular complexity index is 440. The van der Waals surface area contributed by atoms with Crippen molar-refractivity contribution in [2.24, 2.45) is 0 Å². The molecule has 4 nitrogen and oxygen atoms in total. The summed E-state index contributed by atoms with van der Waals surface area (Å²) in [5, 5.41) is 12.0. The zero-order valence-corrected chi connectivity index (χ0v) is 10.8. The summed E-state index contributed by atoms with van der Waals surface area (Å²) >= 11 is 0. The fourth-order valence-electron chi connectivity index (χ4n) is 1.78. The van der Waals surface area contributed by atoms with Crippen LogP contribution in [-0.4, -0.2) is 29.3 Å². The molecule has 1 amide bonds. The molecule has 0 heterocycles. The normalized spacial score (nSPS) is 17.9. The molecule has 1 saturated carbocycles. The van der Waals surface area contributed by atoms with Crippen LogP contribution in [0, 0.1) is 6.92 Å². The summed E-state index contributed by atoms with van der Waals surface area (Å²) in [4.78, 5) is 11.9. The van der Waals surface area contributed by atoms with Crippen molar-refractivity contribution in [1.29, 1.82) is 0 Å².